The van der Waals surface area contributed by atoms with Gasteiger partial charge in [-0.05, 0) is 49.2 Å². The van der Waals surface area contributed by atoms with Gasteiger partial charge >= 0.3 is 0 Å². The standard InChI is InChI=1S/C26H36N6O.HI/c1-27-26(28-19-22-9-11-23(12-10-22)21-30-13-5-6-14-30)29-20-25(33)32-17-15-31(16-18-32)24-7-3-2-4-8-24;/h2-4,7-12H,5-6,13-21H2,1H3,(H2,27,28,29);1H. The highest BCUT2D eigenvalue weighted by Gasteiger charge is 2.21. The molecular weight excluding hydrogens is 539 g/mol. The lowest BCUT2D eigenvalue weighted by Gasteiger charge is -2.36. The summed E-state index contributed by atoms with van der Waals surface area (Å²) >= 11 is 0. The molecule has 2 aromatic rings. The van der Waals surface area contributed by atoms with E-state index >= 15 is 0 Å². The number of halogens is 1. The van der Waals surface area contributed by atoms with Gasteiger partial charge in [-0.3, -0.25) is 14.7 Å². The molecule has 2 aromatic carbocycles. The summed E-state index contributed by atoms with van der Waals surface area (Å²) in [5.74, 6) is 0.754. The Bertz CT molecular complexity index is 907. The number of nitrogens with zero attached hydrogens (tertiary/aromatic N) is 4. The molecule has 2 N–H and O–H groups in total. The minimum atomic E-state index is 0. The third kappa shape index (κ3) is 7.59. The lowest BCUT2D eigenvalue weighted by molar-refractivity contribution is -0.130. The van der Waals surface area contributed by atoms with Gasteiger partial charge in [0, 0.05) is 52.0 Å². The Morgan fingerprint density at radius 2 is 1.50 bits per heavy atom. The fraction of sp³-hybridized carbons (Fsp3) is 0.462. The van der Waals surface area contributed by atoms with Gasteiger partial charge in [0.15, 0.2) is 5.96 Å². The highest BCUT2D eigenvalue weighted by atomic mass is 127. The van der Waals surface area contributed by atoms with Crippen molar-refractivity contribution in [1.29, 1.82) is 0 Å². The van der Waals surface area contributed by atoms with Gasteiger partial charge in [-0.25, -0.2) is 0 Å². The van der Waals surface area contributed by atoms with Crippen molar-refractivity contribution < 1.29 is 4.79 Å². The first-order valence-electron chi connectivity index (χ1n) is 12.0. The molecule has 1 amide bonds. The molecule has 184 valence electrons. The summed E-state index contributed by atoms with van der Waals surface area (Å²) in [6, 6.07) is 19.1. The molecule has 2 fully saturated rings. The number of piperazine rings is 1. The highest BCUT2D eigenvalue weighted by molar-refractivity contribution is 14.0. The fourth-order valence-electron chi connectivity index (χ4n) is 4.49. The number of carbonyl (C=O) groups excluding carboxylic acids is 1. The molecule has 4 rings (SSSR count). The molecule has 0 spiro atoms. The van der Waals surface area contributed by atoms with Crippen LogP contribution in [0.2, 0.25) is 0 Å². The molecule has 34 heavy (non-hydrogen) atoms. The smallest absolute Gasteiger partial charge is 0.242 e. The summed E-state index contributed by atoms with van der Waals surface area (Å²) in [6.45, 7) is 7.59. The molecule has 7 nitrogen and oxygen atoms in total. The van der Waals surface area contributed by atoms with E-state index in [1.807, 2.05) is 11.0 Å². The van der Waals surface area contributed by atoms with Crippen molar-refractivity contribution in [2.75, 3.05) is 57.8 Å². The molecule has 0 aromatic heterocycles. The van der Waals surface area contributed by atoms with Crippen LogP contribution in [0.1, 0.15) is 24.0 Å². The van der Waals surface area contributed by atoms with E-state index in [-0.39, 0.29) is 36.4 Å². The first-order chi connectivity index (χ1) is 16.2. The number of rotatable bonds is 7. The van der Waals surface area contributed by atoms with Crippen molar-refractivity contribution in [3.05, 3.63) is 65.7 Å². The zero-order chi connectivity index (χ0) is 22.9. The average Bonchev–Trinajstić information content (AvgIpc) is 3.38. The van der Waals surface area contributed by atoms with Crippen LogP contribution in [0, 0.1) is 0 Å². The molecule has 0 saturated carbocycles. The summed E-state index contributed by atoms with van der Waals surface area (Å²) in [7, 11) is 1.73. The molecule has 2 heterocycles. The van der Waals surface area contributed by atoms with Crippen LogP contribution in [-0.4, -0.2) is 74.5 Å². The Morgan fingerprint density at radius 1 is 0.853 bits per heavy atom. The molecule has 2 saturated heterocycles. The number of anilines is 1. The Labute approximate surface area is 220 Å². The van der Waals surface area contributed by atoms with Gasteiger partial charge in [0.2, 0.25) is 5.91 Å². The topological polar surface area (TPSA) is 63.2 Å². The lowest BCUT2D eigenvalue weighted by atomic mass is 10.1. The van der Waals surface area contributed by atoms with Gasteiger partial charge in [-0.2, -0.15) is 0 Å². The van der Waals surface area contributed by atoms with Gasteiger partial charge in [0.1, 0.15) is 0 Å². The van der Waals surface area contributed by atoms with Crippen LogP contribution in [-0.2, 0) is 17.9 Å². The zero-order valence-electron chi connectivity index (χ0n) is 20.1. The number of amides is 1. The minimum absolute atomic E-state index is 0. The van der Waals surface area contributed by atoms with E-state index in [0.717, 1.165) is 32.7 Å². The maximum atomic E-state index is 12.7. The third-order valence-electron chi connectivity index (χ3n) is 6.47. The predicted octanol–water partition coefficient (Wildman–Crippen LogP) is 2.91. The Morgan fingerprint density at radius 3 is 2.15 bits per heavy atom. The van der Waals surface area contributed by atoms with E-state index in [4.69, 9.17) is 0 Å². The Kier molecular flexibility index (Phi) is 10.5. The van der Waals surface area contributed by atoms with E-state index in [1.54, 1.807) is 7.05 Å². The molecule has 8 heteroatoms. The number of benzene rings is 2. The Balaban J connectivity index is 0.00000324. The lowest BCUT2D eigenvalue weighted by Crippen LogP contribution is -2.52. The van der Waals surface area contributed by atoms with Crippen LogP contribution < -0.4 is 15.5 Å². The minimum Gasteiger partial charge on any atom is -0.368 e. The van der Waals surface area contributed by atoms with Gasteiger partial charge < -0.3 is 20.4 Å². The summed E-state index contributed by atoms with van der Waals surface area (Å²) in [6.07, 6.45) is 2.64. The van der Waals surface area contributed by atoms with Gasteiger partial charge in [0.25, 0.3) is 0 Å². The monoisotopic (exact) mass is 576 g/mol. The Hall–Kier alpha value is -2.33. The second-order valence-electron chi connectivity index (χ2n) is 8.78. The molecule has 0 radical (unpaired) electrons. The third-order valence-corrected chi connectivity index (χ3v) is 6.47. The molecule has 0 aliphatic carbocycles. The summed E-state index contributed by atoms with van der Waals surface area (Å²) in [5, 5.41) is 6.48. The van der Waals surface area contributed by atoms with Crippen molar-refractivity contribution in [3.63, 3.8) is 0 Å². The van der Waals surface area contributed by atoms with Crippen molar-refractivity contribution in [1.82, 2.24) is 20.4 Å². The van der Waals surface area contributed by atoms with Gasteiger partial charge in [-0.1, -0.05) is 42.5 Å². The maximum Gasteiger partial charge on any atom is 0.242 e. The van der Waals surface area contributed by atoms with E-state index in [9.17, 15) is 4.79 Å². The van der Waals surface area contributed by atoms with Crippen LogP contribution in [0.4, 0.5) is 5.69 Å². The van der Waals surface area contributed by atoms with E-state index < -0.39 is 0 Å². The van der Waals surface area contributed by atoms with Crippen molar-refractivity contribution in [2.24, 2.45) is 4.99 Å². The quantitative estimate of drug-likeness (QED) is 0.302. The average molecular weight is 577 g/mol. The molecule has 0 unspecified atom stereocenters. The molecule has 0 bridgehead atoms. The number of guanidine groups is 1. The zero-order valence-corrected chi connectivity index (χ0v) is 22.4. The van der Waals surface area contributed by atoms with E-state index in [2.05, 4.69) is 74.0 Å². The summed E-state index contributed by atoms with van der Waals surface area (Å²) in [4.78, 5) is 23.7. The first kappa shape index (κ1) is 26.3. The number of hydrogen-bond acceptors (Lipinski definition) is 4. The second-order valence-corrected chi connectivity index (χ2v) is 8.78. The molecular formula is C26H37IN6O. The van der Waals surface area contributed by atoms with E-state index in [0.29, 0.717) is 12.5 Å². The molecule has 0 atom stereocenters. The van der Waals surface area contributed by atoms with Crippen LogP contribution in [0.5, 0.6) is 0 Å². The number of para-hydroxylation sites is 1. The second kappa shape index (κ2) is 13.5. The van der Waals surface area contributed by atoms with Crippen molar-refractivity contribution in [3.8, 4) is 0 Å². The van der Waals surface area contributed by atoms with Crippen LogP contribution in [0.3, 0.4) is 0 Å². The van der Waals surface area contributed by atoms with Gasteiger partial charge in [0.05, 0.1) is 6.54 Å². The first-order valence-corrected chi connectivity index (χ1v) is 12.0. The van der Waals surface area contributed by atoms with Crippen LogP contribution >= 0.6 is 24.0 Å². The largest absolute Gasteiger partial charge is 0.368 e. The van der Waals surface area contributed by atoms with Gasteiger partial charge in [-0.15, -0.1) is 24.0 Å². The predicted molar refractivity (Wildman–Crippen MR) is 150 cm³/mol. The molecule has 2 aliphatic heterocycles. The SMILES string of the molecule is CN=C(NCC(=O)N1CCN(c2ccccc2)CC1)NCc1ccc(CN2CCCC2)cc1.I. The molecule has 2 aliphatic rings. The fourth-order valence-corrected chi connectivity index (χ4v) is 4.49. The number of likely N-dealkylation sites (tertiary alicyclic amines) is 1. The normalized spacial score (nSPS) is 16.8. The maximum absolute atomic E-state index is 12.7. The van der Waals surface area contributed by atoms with Crippen molar-refractivity contribution in [2.45, 2.75) is 25.9 Å². The van der Waals surface area contributed by atoms with Crippen molar-refractivity contribution >= 4 is 41.5 Å². The van der Waals surface area contributed by atoms with E-state index in [1.165, 1.54) is 42.7 Å². The number of carbonyl (C=O) groups is 1. The number of hydrogen-bond donors (Lipinski definition) is 2. The number of nitrogens with one attached hydrogen (secondary N) is 2. The van der Waals surface area contributed by atoms with Crippen LogP contribution in [0.25, 0.3) is 0 Å². The highest BCUT2D eigenvalue weighted by Crippen LogP contribution is 2.16. The summed E-state index contributed by atoms with van der Waals surface area (Å²) < 4.78 is 0. The summed E-state index contributed by atoms with van der Waals surface area (Å²) in [5.41, 5.74) is 3.78. The number of aliphatic imine (C=N–C) groups is 1. The van der Waals surface area contributed by atoms with Crippen LogP contribution in [0.15, 0.2) is 59.6 Å².